The minimum absolute atomic E-state index is 0.0829. The second-order valence-electron chi connectivity index (χ2n) is 5.40. The fourth-order valence-corrected chi connectivity index (χ4v) is 2.52. The molecule has 1 fully saturated rings. The van der Waals surface area contributed by atoms with Crippen LogP contribution in [0.3, 0.4) is 0 Å². The second kappa shape index (κ2) is 8.16. The van der Waals surface area contributed by atoms with E-state index in [0.717, 1.165) is 12.8 Å². The first-order chi connectivity index (χ1) is 11.5. The molecule has 1 aliphatic rings. The molecule has 0 radical (unpaired) electrons. The van der Waals surface area contributed by atoms with Crippen molar-refractivity contribution in [2.45, 2.75) is 26.7 Å². The Morgan fingerprint density at radius 1 is 1.29 bits per heavy atom. The molecule has 2 rings (SSSR count). The van der Waals surface area contributed by atoms with E-state index in [1.165, 1.54) is 13.0 Å². The van der Waals surface area contributed by atoms with Crippen LogP contribution in [0.15, 0.2) is 23.8 Å². The fraction of sp³-hybridized carbons (Fsp3) is 0.389. The van der Waals surface area contributed by atoms with E-state index in [1.807, 2.05) is 13.0 Å². The van der Waals surface area contributed by atoms with Crippen LogP contribution in [0.5, 0.6) is 11.5 Å². The zero-order valence-electron chi connectivity index (χ0n) is 13.9. The molecule has 1 aliphatic heterocycles. The van der Waals surface area contributed by atoms with Crippen molar-refractivity contribution in [2.75, 3.05) is 19.7 Å². The van der Waals surface area contributed by atoms with E-state index >= 15 is 0 Å². The number of amides is 1. The third kappa shape index (κ3) is 4.35. The number of nitrogens with zero attached hydrogens (tertiary/aromatic N) is 2. The van der Waals surface area contributed by atoms with Crippen LogP contribution in [0.2, 0.25) is 0 Å². The largest absolute Gasteiger partial charge is 0.490 e. The third-order valence-corrected chi connectivity index (χ3v) is 3.58. The van der Waals surface area contributed by atoms with E-state index in [2.05, 4.69) is 0 Å². The summed E-state index contributed by atoms with van der Waals surface area (Å²) in [4.78, 5) is 25.2. The molecule has 0 aliphatic carbocycles. The average Bonchev–Trinajstić information content (AvgIpc) is 3.08. The number of ether oxygens (including phenoxy) is 2. The van der Waals surface area contributed by atoms with E-state index in [4.69, 9.17) is 9.47 Å². The number of hydrogen-bond acceptors (Lipinski definition) is 5. The van der Waals surface area contributed by atoms with Gasteiger partial charge in [-0.3, -0.25) is 9.59 Å². The molecule has 0 unspecified atom stereocenters. The quantitative estimate of drug-likeness (QED) is 0.359. The molecular formula is C18H20N2O4. The first kappa shape index (κ1) is 17.5. The molecule has 24 heavy (non-hydrogen) atoms. The standard InChI is InChI=1S/C18H20N2O4/c1-3-23-17-11-14(6-7-16(17)24-13(2)21)10-15(12-19)18(22)20-8-4-5-9-20/h6-7,10-11H,3-5,8-9H2,1-2H3/b15-10+. The van der Waals surface area contributed by atoms with Crippen LogP contribution in [-0.4, -0.2) is 36.5 Å². The summed E-state index contributed by atoms with van der Waals surface area (Å²) in [5, 5.41) is 9.30. The van der Waals surface area contributed by atoms with Gasteiger partial charge in [0.05, 0.1) is 6.61 Å². The van der Waals surface area contributed by atoms with Gasteiger partial charge in [-0.1, -0.05) is 6.07 Å². The number of likely N-dealkylation sites (tertiary alicyclic amines) is 1. The average molecular weight is 328 g/mol. The topological polar surface area (TPSA) is 79.6 Å². The first-order valence-electron chi connectivity index (χ1n) is 7.91. The van der Waals surface area contributed by atoms with Gasteiger partial charge in [0.15, 0.2) is 11.5 Å². The van der Waals surface area contributed by atoms with Crippen molar-refractivity contribution < 1.29 is 19.1 Å². The maximum atomic E-state index is 12.3. The van der Waals surface area contributed by atoms with Crippen molar-refractivity contribution in [3.8, 4) is 17.6 Å². The van der Waals surface area contributed by atoms with Gasteiger partial charge < -0.3 is 14.4 Å². The molecule has 1 heterocycles. The monoisotopic (exact) mass is 328 g/mol. The van der Waals surface area contributed by atoms with E-state index in [1.54, 1.807) is 23.1 Å². The summed E-state index contributed by atoms with van der Waals surface area (Å²) < 4.78 is 10.6. The van der Waals surface area contributed by atoms with Gasteiger partial charge in [-0.15, -0.1) is 0 Å². The third-order valence-electron chi connectivity index (χ3n) is 3.58. The molecule has 1 aromatic rings. The second-order valence-corrected chi connectivity index (χ2v) is 5.40. The van der Waals surface area contributed by atoms with Crippen molar-refractivity contribution in [1.82, 2.24) is 4.90 Å². The summed E-state index contributed by atoms with van der Waals surface area (Å²) in [6.07, 6.45) is 3.47. The molecule has 126 valence electrons. The normalized spacial score (nSPS) is 14.2. The Hall–Kier alpha value is -2.81. The highest BCUT2D eigenvalue weighted by Crippen LogP contribution is 2.29. The maximum absolute atomic E-state index is 12.3. The van der Waals surface area contributed by atoms with Crippen molar-refractivity contribution in [3.63, 3.8) is 0 Å². The number of rotatable bonds is 5. The van der Waals surface area contributed by atoms with E-state index in [-0.39, 0.29) is 11.5 Å². The maximum Gasteiger partial charge on any atom is 0.308 e. The van der Waals surface area contributed by atoms with Crippen molar-refractivity contribution in [1.29, 1.82) is 5.26 Å². The van der Waals surface area contributed by atoms with Crippen LogP contribution in [0.4, 0.5) is 0 Å². The molecule has 1 aromatic carbocycles. The lowest BCUT2D eigenvalue weighted by Crippen LogP contribution is -2.28. The number of nitriles is 1. The van der Waals surface area contributed by atoms with Gasteiger partial charge in [0.25, 0.3) is 5.91 Å². The SMILES string of the molecule is CCOc1cc(/C=C(\C#N)C(=O)N2CCCC2)ccc1OC(C)=O. The van der Waals surface area contributed by atoms with Crippen LogP contribution in [-0.2, 0) is 9.59 Å². The molecule has 6 heteroatoms. The molecule has 0 spiro atoms. The lowest BCUT2D eigenvalue weighted by molar-refractivity contribution is -0.132. The number of carbonyl (C=O) groups is 2. The highest BCUT2D eigenvalue weighted by molar-refractivity contribution is 6.01. The van der Waals surface area contributed by atoms with Crippen molar-refractivity contribution in [3.05, 3.63) is 29.3 Å². The Morgan fingerprint density at radius 2 is 2.00 bits per heavy atom. The summed E-state index contributed by atoms with van der Waals surface area (Å²) in [5.41, 5.74) is 0.720. The van der Waals surface area contributed by atoms with E-state index in [0.29, 0.717) is 36.8 Å². The molecule has 1 saturated heterocycles. The Morgan fingerprint density at radius 3 is 2.58 bits per heavy atom. The van der Waals surface area contributed by atoms with Crippen molar-refractivity contribution >= 4 is 18.0 Å². The van der Waals surface area contributed by atoms with Gasteiger partial charge in [-0.2, -0.15) is 5.26 Å². The Labute approximate surface area is 141 Å². The van der Waals surface area contributed by atoms with Crippen LogP contribution < -0.4 is 9.47 Å². The minimum Gasteiger partial charge on any atom is -0.490 e. The van der Waals surface area contributed by atoms with Crippen LogP contribution in [0.25, 0.3) is 6.08 Å². The predicted octanol–water partition coefficient (Wildman–Crippen LogP) is 2.54. The summed E-state index contributed by atoms with van der Waals surface area (Å²) >= 11 is 0. The minimum atomic E-state index is -0.443. The molecule has 0 saturated carbocycles. The molecule has 6 nitrogen and oxygen atoms in total. The highest BCUT2D eigenvalue weighted by atomic mass is 16.6. The Bertz CT molecular complexity index is 697. The Kier molecular flexibility index (Phi) is 5.96. The summed E-state index contributed by atoms with van der Waals surface area (Å²) in [7, 11) is 0. The smallest absolute Gasteiger partial charge is 0.308 e. The highest BCUT2D eigenvalue weighted by Gasteiger charge is 2.21. The lowest BCUT2D eigenvalue weighted by atomic mass is 10.1. The van der Waals surface area contributed by atoms with Gasteiger partial charge >= 0.3 is 5.97 Å². The predicted molar refractivity (Wildman–Crippen MR) is 88.3 cm³/mol. The molecule has 0 bridgehead atoms. The zero-order chi connectivity index (χ0) is 17.5. The van der Waals surface area contributed by atoms with Gasteiger partial charge in [-0.25, -0.2) is 0 Å². The van der Waals surface area contributed by atoms with Crippen molar-refractivity contribution in [2.24, 2.45) is 0 Å². The van der Waals surface area contributed by atoms with E-state index < -0.39 is 5.97 Å². The molecular weight excluding hydrogens is 308 g/mol. The summed E-state index contributed by atoms with van der Waals surface area (Å²) in [6.45, 7) is 4.91. The zero-order valence-corrected chi connectivity index (χ0v) is 13.9. The van der Waals surface area contributed by atoms with Gasteiger partial charge in [0.1, 0.15) is 11.6 Å². The van der Waals surface area contributed by atoms with Crippen LogP contribution >= 0.6 is 0 Å². The van der Waals surface area contributed by atoms with Crippen LogP contribution in [0.1, 0.15) is 32.3 Å². The van der Waals surface area contributed by atoms with Gasteiger partial charge in [-0.05, 0) is 43.5 Å². The van der Waals surface area contributed by atoms with Gasteiger partial charge in [0.2, 0.25) is 0 Å². The first-order valence-corrected chi connectivity index (χ1v) is 7.91. The number of carbonyl (C=O) groups excluding carboxylic acids is 2. The molecule has 0 atom stereocenters. The number of benzene rings is 1. The number of hydrogen-bond donors (Lipinski definition) is 0. The summed E-state index contributed by atoms with van der Waals surface area (Å²) in [5.74, 6) is 0.0106. The lowest BCUT2D eigenvalue weighted by Gasteiger charge is -2.14. The molecule has 0 aromatic heterocycles. The molecule has 0 N–H and O–H groups in total. The number of esters is 1. The van der Waals surface area contributed by atoms with Gasteiger partial charge in [0, 0.05) is 20.0 Å². The Balaban J connectivity index is 2.29. The van der Waals surface area contributed by atoms with E-state index in [9.17, 15) is 14.9 Å². The van der Waals surface area contributed by atoms with Crippen LogP contribution in [0, 0.1) is 11.3 Å². The fourth-order valence-electron chi connectivity index (χ4n) is 2.52. The molecule has 1 amide bonds. The summed E-state index contributed by atoms with van der Waals surface area (Å²) in [6, 6.07) is 6.89.